The normalized spacial score (nSPS) is 10.7. The molecule has 2 aromatic carbocycles. The zero-order chi connectivity index (χ0) is 23.8. The highest BCUT2D eigenvalue weighted by Gasteiger charge is 2.04. The summed E-state index contributed by atoms with van der Waals surface area (Å²) < 4.78 is 0. The molecule has 0 aliphatic rings. The van der Waals surface area contributed by atoms with Crippen molar-refractivity contribution >= 4 is 0 Å². The average molecular weight is 443 g/mol. The van der Waals surface area contributed by atoms with Gasteiger partial charge in [0.1, 0.15) is 11.6 Å². The summed E-state index contributed by atoms with van der Waals surface area (Å²) in [7, 11) is 0. The topological polar surface area (TPSA) is 57.4 Å². The molecule has 0 fully saturated rings. The Morgan fingerprint density at radius 1 is 0.636 bits per heavy atom. The van der Waals surface area contributed by atoms with E-state index < -0.39 is 0 Å². The van der Waals surface area contributed by atoms with Crippen LogP contribution in [0, 0.1) is 34.6 Å². The van der Waals surface area contributed by atoms with Crippen molar-refractivity contribution in [2.75, 3.05) is 0 Å². The number of hydrogen-bond acceptors (Lipinski definition) is 2. The van der Waals surface area contributed by atoms with Crippen LogP contribution in [0.15, 0.2) is 48.8 Å². The second-order valence-electron chi connectivity index (χ2n) is 8.90. The molecule has 33 heavy (non-hydrogen) atoms. The van der Waals surface area contributed by atoms with E-state index in [2.05, 4.69) is 91.0 Å². The minimum Gasteiger partial charge on any atom is -0.348 e. The molecule has 0 unspecified atom stereocenters. The smallest absolute Gasteiger partial charge is 0.106 e. The number of nitrogens with one attached hydrogen (secondary N) is 2. The summed E-state index contributed by atoms with van der Waals surface area (Å²) in [5.74, 6) is 2.18. The average Bonchev–Trinajstić information content (AvgIpc) is 3.45. The van der Waals surface area contributed by atoms with Crippen LogP contribution in [0.5, 0.6) is 0 Å². The van der Waals surface area contributed by atoms with Crippen molar-refractivity contribution in [3.8, 4) is 0 Å². The summed E-state index contributed by atoms with van der Waals surface area (Å²) >= 11 is 0. The van der Waals surface area contributed by atoms with Crippen molar-refractivity contribution < 1.29 is 0 Å². The standard InChI is InChI=1S/C15H20N2.C14H18N2/c1-4-14-10-16-15(17-14)9-8-13-7-5-6-11(2)12(13)3;1-10-5-4-6-13(12(10)3)7-8-14-15-9-11(2)16-14/h5-7,10H,4,8-9H2,1-3H3,(H,16,17);4-6,9H,7-8H2,1-3H3,(H,15,16). The van der Waals surface area contributed by atoms with Crippen LogP contribution in [-0.2, 0) is 32.1 Å². The first-order chi connectivity index (χ1) is 15.9. The lowest BCUT2D eigenvalue weighted by atomic mass is 10.00. The predicted molar refractivity (Wildman–Crippen MR) is 138 cm³/mol. The monoisotopic (exact) mass is 442 g/mol. The third-order valence-electron chi connectivity index (χ3n) is 6.50. The predicted octanol–water partition coefficient (Wildman–Crippen LogP) is 6.49. The van der Waals surface area contributed by atoms with Crippen LogP contribution >= 0.6 is 0 Å². The van der Waals surface area contributed by atoms with Crippen LogP contribution in [0.3, 0.4) is 0 Å². The van der Waals surface area contributed by atoms with Gasteiger partial charge >= 0.3 is 0 Å². The Hall–Kier alpha value is -3.14. The van der Waals surface area contributed by atoms with Crippen LogP contribution in [0.4, 0.5) is 0 Å². The van der Waals surface area contributed by atoms with E-state index in [1.54, 1.807) is 0 Å². The number of H-pyrrole nitrogens is 2. The van der Waals surface area contributed by atoms with Crippen molar-refractivity contribution in [2.24, 2.45) is 0 Å². The zero-order valence-electron chi connectivity index (χ0n) is 21.0. The lowest BCUT2D eigenvalue weighted by Gasteiger charge is -2.07. The van der Waals surface area contributed by atoms with Gasteiger partial charge in [-0.15, -0.1) is 0 Å². The summed E-state index contributed by atoms with van der Waals surface area (Å²) in [5, 5.41) is 0. The lowest BCUT2D eigenvalue weighted by Crippen LogP contribution is -1.97. The summed E-state index contributed by atoms with van der Waals surface area (Å²) in [6.45, 7) is 12.9. The van der Waals surface area contributed by atoms with E-state index in [1.807, 2.05) is 19.3 Å². The summed E-state index contributed by atoms with van der Waals surface area (Å²) in [4.78, 5) is 15.4. The Morgan fingerprint density at radius 2 is 1.15 bits per heavy atom. The SMILES string of the molecule is CCc1c[nH]c(CCc2cccc(C)c2C)n1.Cc1c[nH]c(CCc2cccc(C)c2C)n1. The summed E-state index contributed by atoms with van der Waals surface area (Å²) in [6.07, 6.45) is 9.06. The van der Waals surface area contributed by atoms with E-state index in [0.29, 0.717) is 0 Å². The van der Waals surface area contributed by atoms with Crippen molar-refractivity contribution in [2.45, 2.75) is 73.6 Å². The van der Waals surface area contributed by atoms with Gasteiger partial charge in [-0.05, 0) is 87.3 Å². The third kappa shape index (κ3) is 6.92. The molecule has 4 rings (SSSR count). The molecule has 0 atom stereocenters. The highest BCUT2D eigenvalue weighted by Crippen LogP contribution is 2.15. The lowest BCUT2D eigenvalue weighted by molar-refractivity contribution is 0.868. The second-order valence-corrected chi connectivity index (χ2v) is 8.90. The third-order valence-corrected chi connectivity index (χ3v) is 6.50. The van der Waals surface area contributed by atoms with Gasteiger partial charge in [0, 0.05) is 25.2 Å². The maximum absolute atomic E-state index is 4.54. The van der Waals surface area contributed by atoms with Gasteiger partial charge in [0.05, 0.1) is 11.4 Å². The van der Waals surface area contributed by atoms with E-state index >= 15 is 0 Å². The van der Waals surface area contributed by atoms with E-state index in [0.717, 1.165) is 55.1 Å². The molecule has 0 spiro atoms. The number of imidazole rings is 2. The first kappa shape index (κ1) is 24.5. The second kappa shape index (κ2) is 11.6. The molecular weight excluding hydrogens is 404 g/mol. The van der Waals surface area contributed by atoms with Crippen LogP contribution in [0.2, 0.25) is 0 Å². The number of rotatable bonds is 7. The van der Waals surface area contributed by atoms with Gasteiger partial charge in [-0.1, -0.05) is 43.3 Å². The molecule has 2 heterocycles. The van der Waals surface area contributed by atoms with Gasteiger partial charge in [0.2, 0.25) is 0 Å². The zero-order valence-corrected chi connectivity index (χ0v) is 21.0. The maximum atomic E-state index is 4.54. The molecule has 4 nitrogen and oxygen atoms in total. The van der Waals surface area contributed by atoms with Crippen LogP contribution in [0.25, 0.3) is 0 Å². The van der Waals surface area contributed by atoms with E-state index in [9.17, 15) is 0 Å². The van der Waals surface area contributed by atoms with Gasteiger partial charge in [-0.2, -0.15) is 0 Å². The van der Waals surface area contributed by atoms with Gasteiger partial charge in [0.15, 0.2) is 0 Å². The number of nitrogens with zero attached hydrogens (tertiary/aromatic N) is 2. The molecule has 4 heteroatoms. The largest absolute Gasteiger partial charge is 0.348 e. The number of aromatic amines is 2. The van der Waals surface area contributed by atoms with E-state index in [-0.39, 0.29) is 0 Å². The maximum Gasteiger partial charge on any atom is 0.106 e. The Bertz CT molecular complexity index is 1170. The van der Waals surface area contributed by atoms with Gasteiger partial charge in [-0.25, -0.2) is 9.97 Å². The Kier molecular flexibility index (Phi) is 8.65. The van der Waals surface area contributed by atoms with Crippen molar-refractivity contribution in [3.63, 3.8) is 0 Å². The molecule has 174 valence electrons. The van der Waals surface area contributed by atoms with Crippen LogP contribution in [-0.4, -0.2) is 19.9 Å². The van der Waals surface area contributed by atoms with E-state index in [1.165, 1.54) is 33.4 Å². The number of hydrogen-bond donors (Lipinski definition) is 2. The summed E-state index contributed by atoms with van der Waals surface area (Å²) in [5.41, 5.74) is 10.6. The van der Waals surface area contributed by atoms with Gasteiger partial charge < -0.3 is 9.97 Å². The molecule has 0 amide bonds. The minimum atomic E-state index is 0.984. The fraction of sp³-hybridized carbons (Fsp3) is 0.379. The van der Waals surface area contributed by atoms with E-state index in [4.69, 9.17) is 0 Å². The van der Waals surface area contributed by atoms with Crippen LogP contribution in [0.1, 0.15) is 63.3 Å². The molecule has 4 aromatic rings. The molecule has 2 N–H and O–H groups in total. The molecule has 0 saturated carbocycles. The van der Waals surface area contributed by atoms with Crippen molar-refractivity contribution in [1.82, 2.24) is 19.9 Å². The van der Waals surface area contributed by atoms with Crippen molar-refractivity contribution in [3.05, 3.63) is 105 Å². The van der Waals surface area contributed by atoms with Gasteiger partial charge in [-0.3, -0.25) is 0 Å². The first-order valence-electron chi connectivity index (χ1n) is 12.0. The fourth-order valence-corrected chi connectivity index (χ4v) is 3.98. The Labute approximate surface area is 198 Å². The Morgan fingerprint density at radius 3 is 1.61 bits per heavy atom. The van der Waals surface area contributed by atoms with Gasteiger partial charge in [0.25, 0.3) is 0 Å². The molecule has 0 radical (unpaired) electrons. The first-order valence-corrected chi connectivity index (χ1v) is 12.0. The molecule has 2 aromatic heterocycles. The molecular formula is C29H38N4. The van der Waals surface area contributed by atoms with Crippen molar-refractivity contribution in [1.29, 1.82) is 0 Å². The molecule has 0 saturated heterocycles. The number of benzene rings is 2. The number of aromatic nitrogens is 4. The highest BCUT2D eigenvalue weighted by molar-refractivity contribution is 5.34. The minimum absolute atomic E-state index is 0.984. The molecule has 0 aliphatic heterocycles. The Balaban J connectivity index is 0.000000186. The number of aryl methyl sites for hydroxylation is 8. The van der Waals surface area contributed by atoms with Crippen LogP contribution < -0.4 is 0 Å². The molecule has 0 bridgehead atoms. The fourth-order valence-electron chi connectivity index (χ4n) is 3.98. The molecule has 0 aliphatic carbocycles. The summed E-state index contributed by atoms with van der Waals surface area (Å²) in [6, 6.07) is 13.0. The highest BCUT2D eigenvalue weighted by atomic mass is 14.9. The quantitative estimate of drug-likeness (QED) is 0.343.